The van der Waals surface area contributed by atoms with Gasteiger partial charge in [-0.1, -0.05) is 13.8 Å². The summed E-state index contributed by atoms with van der Waals surface area (Å²) in [5.74, 6) is 1.58. The summed E-state index contributed by atoms with van der Waals surface area (Å²) in [5, 5.41) is 0. The minimum atomic E-state index is -3.67. The Morgan fingerprint density at radius 3 is 1.56 bits per heavy atom. The number of aromatic nitrogens is 2. The maximum atomic E-state index is 9.67. The highest BCUT2D eigenvalue weighted by Crippen LogP contribution is 2.05. The summed E-state index contributed by atoms with van der Waals surface area (Å²) in [5.41, 5.74) is 0. The fourth-order valence-electron chi connectivity index (χ4n) is 0.593. The van der Waals surface area contributed by atoms with Gasteiger partial charge in [0.1, 0.15) is 5.82 Å². The molecule has 0 aliphatic carbocycles. The lowest BCUT2D eigenvalue weighted by Crippen LogP contribution is -1.87. The molecule has 0 spiro atoms. The van der Waals surface area contributed by atoms with Crippen LogP contribution in [0.4, 0.5) is 25.9 Å². The van der Waals surface area contributed by atoms with E-state index in [4.69, 9.17) is 0 Å². The summed E-state index contributed by atoms with van der Waals surface area (Å²) in [7, 11) is -7.33. The number of hydrogen-bond donors (Lipinski definition) is 1. The van der Waals surface area contributed by atoms with Crippen molar-refractivity contribution in [3.05, 3.63) is 18.2 Å². The van der Waals surface area contributed by atoms with E-state index in [-0.39, 0.29) is 0 Å². The molecule has 0 bridgehead atoms. The zero-order chi connectivity index (χ0) is 13.1. The molecule has 1 aromatic rings. The molecule has 92 valence electrons. The standard InChI is InChI=1S/C6H10N2.2BF3/c1-5(2)6-7-3-4-8-6;2*2-1(3)4/h3-5H,1-2H3,(H,7,8);;. The van der Waals surface area contributed by atoms with Crippen LogP contribution in [0.3, 0.4) is 0 Å². The van der Waals surface area contributed by atoms with Crippen molar-refractivity contribution in [1.29, 1.82) is 0 Å². The lowest BCUT2D eigenvalue weighted by Gasteiger charge is -1.95. The molecule has 16 heavy (non-hydrogen) atoms. The summed E-state index contributed by atoms with van der Waals surface area (Å²) in [6.45, 7) is 4.22. The largest absolute Gasteiger partial charge is 0.762 e. The molecule has 0 unspecified atom stereocenters. The molecule has 0 amide bonds. The highest BCUT2D eigenvalue weighted by molar-refractivity contribution is 6.33. The van der Waals surface area contributed by atoms with Crippen LogP contribution in [0.2, 0.25) is 0 Å². The molecule has 0 atom stereocenters. The van der Waals surface area contributed by atoms with Crippen molar-refractivity contribution in [3.63, 3.8) is 0 Å². The van der Waals surface area contributed by atoms with Crippen molar-refractivity contribution in [2.24, 2.45) is 0 Å². The minimum absolute atomic E-state index is 0.519. The highest BCUT2D eigenvalue weighted by atomic mass is 19.4. The third-order valence-electron chi connectivity index (χ3n) is 1.07. The van der Waals surface area contributed by atoms with Gasteiger partial charge in [0.15, 0.2) is 0 Å². The third kappa shape index (κ3) is 18.7. The Labute approximate surface area is 89.9 Å². The van der Waals surface area contributed by atoms with Crippen LogP contribution in [-0.2, 0) is 0 Å². The predicted octanol–water partition coefficient (Wildman–Crippen LogP) is 3.29. The first kappa shape index (κ1) is 17.3. The van der Waals surface area contributed by atoms with Crippen LogP contribution < -0.4 is 0 Å². The predicted molar refractivity (Wildman–Crippen MR) is 50.8 cm³/mol. The Hall–Kier alpha value is -1.08. The van der Waals surface area contributed by atoms with Crippen molar-refractivity contribution in [3.8, 4) is 0 Å². The molecule has 0 aromatic carbocycles. The molecule has 0 saturated carbocycles. The van der Waals surface area contributed by atoms with Crippen molar-refractivity contribution < 1.29 is 25.9 Å². The van der Waals surface area contributed by atoms with E-state index in [9.17, 15) is 25.9 Å². The van der Waals surface area contributed by atoms with E-state index in [2.05, 4.69) is 23.8 Å². The lowest BCUT2D eigenvalue weighted by atomic mass is 10.2. The van der Waals surface area contributed by atoms with Gasteiger partial charge in [-0.2, -0.15) is 0 Å². The molecule has 1 rings (SSSR count). The van der Waals surface area contributed by atoms with Gasteiger partial charge in [-0.15, -0.1) is 0 Å². The Balaban J connectivity index is 0. The second-order valence-electron chi connectivity index (χ2n) is 2.62. The van der Waals surface area contributed by atoms with Gasteiger partial charge in [0.2, 0.25) is 0 Å². The first-order valence-electron chi connectivity index (χ1n) is 4.11. The maximum absolute atomic E-state index is 9.67. The first-order valence-corrected chi connectivity index (χ1v) is 4.11. The smallest absolute Gasteiger partial charge is 0.348 e. The van der Waals surface area contributed by atoms with Gasteiger partial charge in [-0.25, -0.2) is 4.98 Å². The van der Waals surface area contributed by atoms with E-state index in [1.165, 1.54) is 0 Å². The van der Waals surface area contributed by atoms with Crippen molar-refractivity contribution in [2.75, 3.05) is 0 Å². The number of rotatable bonds is 1. The molecule has 1 heterocycles. The van der Waals surface area contributed by atoms with Crippen LogP contribution >= 0.6 is 0 Å². The molecule has 2 nitrogen and oxygen atoms in total. The molecule has 0 saturated heterocycles. The van der Waals surface area contributed by atoms with Gasteiger partial charge in [0.05, 0.1) is 0 Å². The first-order chi connectivity index (χ1) is 7.27. The van der Waals surface area contributed by atoms with Crippen LogP contribution in [0.15, 0.2) is 12.4 Å². The van der Waals surface area contributed by atoms with Crippen LogP contribution in [0.1, 0.15) is 25.6 Å². The molecule has 10 heteroatoms. The van der Waals surface area contributed by atoms with Crippen LogP contribution in [-0.4, -0.2) is 25.1 Å². The van der Waals surface area contributed by atoms with E-state index in [1.54, 1.807) is 6.20 Å². The number of aromatic amines is 1. The Kier molecular flexibility index (Phi) is 11.3. The molecule has 0 aliphatic heterocycles. The zero-order valence-corrected chi connectivity index (χ0v) is 8.60. The van der Waals surface area contributed by atoms with Crippen molar-refractivity contribution in [1.82, 2.24) is 9.97 Å². The molecule has 1 aromatic heterocycles. The summed E-state index contributed by atoms with van der Waals surface area (Å²) >= 11 is 0. The number of nitrogens with one attached hydrogen (secondary N) is 1. The number of halogens is 6. The average Bonchev–Trinajstić information content (AvgIpc) is 2.52. The van der Waals surface area contributed by atoms with E-state index in [1.807, 2.05) is 6.20 Å². The van der Waals surface area contributed by atoms with Gasteiger partial charge in [0, 0.05) is 18.3 Å². The lowest BCUT2D eigenvalue weighted by molar-refractivity contribution is 0.533. The molecular formula is C6H10B2F6N2. The molecular weight excluding hydrogens is 236 g/mol. The van der Waals surface area contributed by atoms with Crippen LogP contribution in [0.5, 0.6) is 0 Å². The molecule has 0 radical (unpaired) electrons. The van der Waals surface area contributed by atoms with Crippen LogP contribution in [0, 0.1) is 0 Å². The number of nitrogens with zero attached hydrogens (tertiary/aromatic N) is 1. The van der Waals surface area contributed by atoms with E-state index >= 15 is 0 Å². The van der Waals surface area contributed by atoms with Crippen molar-refractivity contribution >= 4 is 15.1 Å². The quantitative estimate of drug-likeness (QED) is 0.597. The fraction of sp³-hybridized carbons (Fsp3) is 0.500. The average molecular weight is 246 g/mol. The Bertz CT molecular complexity index is 219. The summed E-state index contributed by atoms with van der Waals surface area (Å²) in [6, 6.07) is 0. The highest BCUT2D eigenvalue weighted by Gasteiger charge is 2.06. The van der Waals surface area contributed by atoms with Gasteiger partial charge >= 0.3 is 15.1 Å². The molecule has 1 N–H and O–H groups in total. The van der Waals surface area contributed by atoms with E-state index in [0.29, 0.717) is 5.92 Å². The second-order valence-corrected chi connectivity index (χ2v) is 2.62. The summed E-state index contributed by atoms with van der Waals surface area (Å²) < 4.78 is 58.0. The minimum Gasteiger partial charge on any atom is -0.348 e. The third-order valence-corrected chi connectivity index (χ3v) is 1.07. The van der Waals surface area contributed by atoms with Gasteiger partial charge in [-0.05, 0) is 0 Å². The second kappa shape index (κ2) is 10.4. The van der Waals surface area contributed by atoms with Gasteiger partial charge < -0.3 is 4.98 Å². The Morgan fingerprint density at radius 1 is 1.06 bits per heavy atom. The SMILES string of the molecule is CC(C)c1ncc[nH]1.FB(F)F.FB(F)F. The summed E-state index contributed by atoms with van der Waals surface area (Å²) in [6.07, 6.45) is 3.62. The molecule has 0 aliphatic rings. The zero-order valence-electron chi connectivity index (χ0n) is 8.60. The van der Waals surface area contributed by atoms with Crippen molar-refractivity contribution in [2.45, 2.75) is 19.8 Å². The van der Waals surface area contributed by atoms with Gasteiger partial charge in [0.25, 0.3) is 0 Å². The van der Waals surface area contributed by atoms with E-state index in [0.717, 1.165) is 5.82 Å². The van der Waals surface area contributed by atoms with Crippen LogP contribution in [0.25, 0.3) is 0 Å². The summed E-state index contributed by atoms with van der Waals surface area (Å²) in [4.78, 5) is 7.09. The fourth-order valence-corrected chi connectivity index (χ4v) is 0.593. The molecule has 0 fully saturated rings. The number of H-pyrrole nitrogens is 1. The number of imidazole rings is 1. The Morgan fingerprint density at radius 2 is 1.44 bits per heavy atom. The monoisotopic (exact) mass is 246 g/mol. The maximum Gasteiger partial charge on any atom is 0.762 e. The van der Waals surface area contributed by atoms with Gasteiger partial charge in [-0.3, -0.25) is 25.9 Å². The normalized spacial score (nSPS) is 8.56. The number of hydrogen-bond acceptors (Lipinski definition) is 1. The van der Waals surface area contributed by atoms with E-state index < -0.39 is 15.1 Å². The topological polar surface area (TPSA) is 28.7 Å².